The van der Waals surface area contributed by atoms with Gasteiger partial charge in [-0.05, 0) is 54.4 Å². The number of carbonyl (C=O) groups excluding carboxylic acids is 2. The largest absolute Gasteiger partial charge is 0.354 e. The van der Waals surface area contributed by atoms with E-state index in [0.717, 1.165) is 22.7 Å². The summed E-state index contributed by atoms with van der Waals surface area (Å²) in [5.41, 5.74) is 1.35. The molecule has 4 aromatic rings. The van der Waals surface area contributed by atoms with Gasteiger partial charge in [-0.3, -0.25) is 13.9 Å². The highest BCUT2D eigenvalue weighted by Crippen LogP contribution is 2.32. The Labute approximate surface area is 290 Å². The number of halogens is 4. The van der Waals surface area contributed by atoms with Crippen LogP contribution in [0.1, 0.15) is 30.9 Å². The quantitative estimate of drug-likeness (QED) is 0.134. The number of anilines is 1. The summed E-state index contributed by atoms with van der Waals surface area (Å²) < 4.78 is 29.1. The summed E-state index contributed by atoms with van der Waals surface area (Å²) in [6.07, 6.45) is 1.76. The number of hydrogen-bond acceptors (Lipinski definition) is 4. The molecule has 0 bridgehead atoms. The van der Waals surface area contributed by atoms with E-state index in [1.54, 1.807) is 36.4 Å². The summed E-state index contributed by atoms with van der Waals surface area (Å²) in [5, 5.41) is 3.87. The number of rotatable bonds is 14. The second kappa shape index (κ2) is 16.5. The molecule has 4 rings (SSSR count). The van der Waals surface area contributed by atoms with Crippen molar-refractivity contribution >= 4 is 73.9 Å². The van der Waals surface area contributed by atoms with Crippen molar-refractivity contribution in [1.29, 1.82) is 0 Å². The van der Waals surface area contributed by atoms with Gasteiger partial charge in [-0.1, -0.05) is 114 Å². The smallest absolute Gasteiger partial charge is 0.264 e. The number of sulfonamides is 1. The maximum absolute atomic E-state index is 14.5. The Kier molecular flexibility index (Phi) is 12.8. The average Bonchev–Trinajstić information content (AvgIpc) is 3.05. The number of nitrogens with zero attached hydrogens (tertiary/aromatic N) is 2. The predicted molar refractivity (Wildman–Crippen MR) is 186 cm³/mol. The van der Waals surface area contributed by atoms with Gasteiger partial charge in [-0.2, -0.15) is 0 Å². The van der Waals surface area contributed by atoms with Crippen molar-refractivity contribution in [2.45, 2.75) is 43.7 Å². The minimum absolute atomic E-state index is 0.0345. The molecule has 1 N–H and O–H groups in total. The summed E-state index contributed by atoms with van der Waals surface area (Å²) in [6, 6.07) is 25.2. The van der Waals surface area contributed by atoms with E-state index < -0.39 is 28.5 Å². The van der Waals surface area contributed by atoms with Crippen LogP contribution in [0.15, 0.2) is 102 Å². The van der Waals surface area contributed by atoms with Crippen LogP contribution >= 0.6 is 46.4 Å². The van der Waals surface area contributed by atoms with Crippen LogP contribution in [-0.2, 0) is 32.6 Å². The molecule has 0 radical (unpaired) electrons. The van der Waals surface area contributed by atoms with Crippen molar-refractivity contribution in [3.63, 3.8) is 0 Å². The molecule has 1 atom stereocenters. The molecule has 0 saturated carbocycles. The molecule has 0 fully saturated rings. The molecule has 0 aliphatic carbocycles. The zero-order valence-electron chi connectivity index (χ0n) is 25.0. The molecule has 0 saturated heterocycles. The highest BCUT2D eigenvalue weighted by molar-refractivity contribution is 7.92. The molecule has 2 amide bonds. The van der Waals surface area contributed by atoms with Crippen molar-refractivity contribution in [3.05, 3.63) is 128 Å². The van der Waals surface area contributed by atoms with Crippen LogP contribution in [0, 0.1) is 0 Å². The van der Waals surface area contributed by atoms with Gasteiger partial charge in [0.2, 0.25) is 11.8 Å². The second-order valence-electron chi connectivity index (χ2n) is 10.5. The number of nitrogens with one attached hydrogen (secondary N) is 1. The van der Waals surface area contributed by atoms with Gasteiger partial charge in [0.15, 0.2) is 0 Å². The van der Waals surface area contributed by atoms with Crippen LogP contribution in [0.25, 0.3) is 0 Å². The van der Waals surface area contributed by atoms with Gasteiger partial charge in [0.1, 0.15) is 12.6 Å². The van der Waals surface area contributed by atoms with Crippen molar-refractivity contribution < 1.29 is 18.0 Å². The third-order valence-corrected chi connectivity index (χ3v) is 10.5. The Morgan fingerprint density at radius 3 is 2.02 bits per heavy atom. The Morgan fingerprint density at radius 2 is 1.41 bits per heavy atom. The first-order valence-corrected chi connectivity index (χ1v) is 17.5. The Morgan fingerprint density at radius 1 is 0.783 bits per heavy atom. The maximum atomic E-state index is 14.5. The molecule has 0 aliphatic heterocycles. The lowest BCUT2D eigenvalue weighted by Gasteiger charge is -2.34. The van der Waals surface area contributed by atoms with Crippen LogP contribution in [0.3, 0.4) is 0 Å². The SMILES string of the molecule is CCCCNC(=O)[C@H](Cc1ccccc1)N(Cc1c(Cl)cccc1Cl)C(=O)CN(c1ccc(Cl)c(Cl)c1)S(=O)(=O)c1ccccc1. The first-order valence-electron chi connectivity index (χ1n) is 14.6. The van der Waals surface area contributed by atoms with Crippen LogP contribution in [0.2, 0.25) is 20.1 Å². The highest BCUT2D eigenvalue weighted by Gasteiger charge is 2.35. The number of amides is 2. The maximum Gasteiger partial charge on any atom is 0.264 e. The number of benzene rings is 4. The van der Waals surface area contributed by atoms with Crippen LogP contribution in [0.4, 0.5) is 5.69 Å². The van der Waals surface area contributed by atoms with Gasteiger partial charge in [0.05, 0.1) is 20.6 Å². The first kappa shape index (κ1) is 35.6. The molecule has 46 heavy (non-hydrogen) atoms. The fourth-order valence-electron chi connectivity index (χ4n) is 4.80. The molecular weight excluding hydrogens is 688 g/mol. The molecule has 12 heteroatoms. The minimum Gasteiger partial charge on any atom is -0.354 e. The van der Waals surface area contributed by atoms with Gasteiger partial charge in [-0.25, -0.2) is 8.42 Å². The molecule has 242 valence electrons. The fourth-order valence-corrected chi connectivity index (χ4v) is 7.04. The van der Waals surface area contributed by atoms with Gasteiger partial charge in [-0.15, -0.1) is 0 Å². The van der Waals surface area contributed by atoms with E-state index in [1.807, 2.05) is 37.3 Å². The summed E-state index contributed by atoms with van der Waals surface area (Å²) in [7, 11) is -4.29. The van der Waals surface area contributed by atoms with Gasteiger partial charge in [0, 0.05) is 35.1 Å². The van der Waals surface area contributed by atoms with E-state index >= 15 is 0 Å². The summed E-state index contributed by atoms with van der Waals surface area (Å²) in [4.78, 5) is 29.7. The van der Waals surface area contributed by atoms with E-state index in [2.05, 4.69) is 5.32 Å². The molecule has 4 aromatic carbocycles. The summed E-state index contributed by atoms with van der Waals surface area (Å²) in [5.74, 6) is -1.05. The van der Waals surface area contributed by atoms with E-state index in [4.69, 9.17) is 46.4 Å². The van der Waals surface area contributed by atoms with Gasteiger partial charge >= 0.3 is 0 Å². The van der Waals surface area contributed by atoms with Crippen LogP contribution in [0.5, 0.6) is 0 Å². The monoisotopic (exact) mass is 719 g/mol. The van der Waals surface area contributed by atoms with E-state index in [1.165, 1.54) is 35.2 Å². The lowest BCUT2D eigenvalue weighted by molar-refractivity contribution is -0.140. The van der Waals surface area contributed by atoms with E-state index in [9.17, 15) is 18.0 Å². The van der Waals surface area contributed by atoms with Crippen molar-refractivity contribution in [2.24, 2.45) is 0 Å². The average molecular weight is 722 g/mol. The minimum atomic E-state index is -4.29. The van der Waals surface area contributed by atoms with Crippen LogP contribution < -0.4 is 9.62 Å². The molecule has 0 aliphatic rings. The predicted octanol–water partition coefficient (Wildman–Crippen LogP) is 8.05. The Hall–Kier alpha value is -3.27. The van der Waals surface area contributed by atoms with Gasteiger partial charge in [0.25, 0.3) is 10.0 Å². The molecule has 0 aromatic heterocycles. The number of unbranched alkanes of at least 4 members (excludes halogenated alkanes) is 1. The van der Waals surface area contributed by atoms with Crippen LogP contribution in [-0.4, -0.2) is 44.3 Å². The Balaban J connectivity index is 1.83. The van der Waals surface area contributed by atoms with Gasteiger partial charge < -0.3 is 10.2 Å². The molecule has 0 heterocycles. The van der Waals surface area contributed by atoms with E-state index in [0.29, 0.717) is 22.2 Å². The van der Waals surface area contributed by atoms with E-state index in [-0.39, 0.29) is 39.5 Å². The number of hydrogen-bond donors (Lipinski definition) is 1. The lowest BCUT2D eigenvalue weighted by Crippen LogP contribution is -2.53. The third-order valence-electron chi connectivity index (χ3n) is 7.29. The zero-order valence-corrected chi connectivity index (χ0v) is 28.8. The fraction of sp³-hybridized carbons (Fsp3) is 0.235. The van der Waals surface area contributed by atoms with Crippen molar-refractivity contribution in [2.75, 3.05) is 17.4 Å². The Bertz CT molecular complexity index is 1740. The highest BCUT2D eigenvalue weighted by atomic mass is 35.5. The van der Waals surface area contributed by atoms with Crippen molar-refractivity contribution in [3.8, 4) is 0 Å². The van der Waals surface area contributed by atoms with Crippen molar-refractivity contribution in [1.82, 2.24) is 10.2 Å². The molecule has 0 spiro atoms. The molecule has 0 unspecified atom stereocenters. The standard InChI is InChI=1S/C34H33Cl4N3O4S/c1-2-3-19-39-34(43)32(20-24-11-6-4-7-12-24)40(22-27-28(35)15-10-16-29(27)36)33(42)23-41(25-17-18-30(37)31(38)21-25)46(44,45)26-13-8-5-9-14-26/h4-18,21,32H,2-3,19-20,22-23H2,1H3,(H,39,43)/t32-/m0/s1. The lowest BCUT2D eigenvalue weighted by atomic mass is 10.0. The first-order chi connectivity index (χ1) is 22.0. The normalized spacial score (nSPS) is 11.9. The zero-order chi connectivity index (χ0) is 33.3. The molecule has 7 nitrogen and oxygen atoms in total. The molecular formula is C34H33Cl4N3O4S. The second-order valence-corrected chi connectivity index (χ2v) is 14.0. The summed E-state index contributed by atoms with van der Waals surface area (Å²) in [6.45, 7) is 1.60. The third kappa shape index (κ3) is 8.96. The topological polar surface area (TPSA) is 86.8 Å². The number of carbonyl (C=O) groups is 2. The summed E-state index contributed by atoms with van der Waals surface area (Å²) >= 11 is 25.6.